The number of aliphatic hydroxyl groups is 1. The lowest BCUT2D eigenvalue weighted by Crippen LogP contribution is -2.49. The van der Waals surface area contributed by atoms with Crippen molar-refractivity contribution in [3.63, 3.8) is 0 Å². The van der Waals surface area contributed by atoms with Gasteiger partial charge in [0.05, 0.1) is 23.4 Å². The quantitative estimate of drug-likeness (QED) is 0.797. The molecule has 1 saturated heterocycles. The van der Waals surface area contributed by atoms with Gasteiger partial charge in [-0.25, -0.2) is 14.2 Å². The Morgan fingerprint density at radius 1 is 1.40 bits per heavy atom. The summed E-state index contributed by atoms with van der Waals surface area (Å²) in [6, 6.07) is 3.21. The van der Waals surface area contributed by atoms with Crippen LogP contribution in [0, 0.1) is 5.82 Å². The number of carboxylic acid groups (broad SMARTS) is 1. The third-order valence-electron chi connectivity index (χ3n) is 5.49. The highest BCUT2D eigenvalue weighted by atomic mass is 79.9. The van der Waals surface area contributed by atoms with Crippen LogP contribution in [-0.4, -0.2) is 38.9 Å². The molecule has 0 unspecified atom stereocenters. The SMILES string of the molecule is O=C(O)c1nc2n(c1C1(O)COC1)C1CC(C1)c1cc(F)c(Br)cc1-2. The maximum Gasteiger partial charge on any atom is 0.356 e. The average molecular weight is 409 g/mol. The van der Waals surface area contributed by atoms with E-state index in [1.807, 2.05) is 4.57 Å². The van der Waals surface area contributed by atoms with Gasteiger partial charge in [0.2, 0.25) is 0 Å². The Hall–Kier alpha value is -1.77. The van der Waals surface area contributed by atoms with E-state index in [-0.39, 0.29) is 36.7 Å². The number of aromatic carboxylic acids is 1. The summed E-state index contributed by atoms with van der Waals surface area (Å²) in [7, 11) is 0. The maximum absolute atomic E-state index is 14.0. The number of hydrogen-bond donors (Lipinski definition) is 2. The summed E-state index contributed by atoms with van der Waals surface area (Å²) in [6.07, 6.45) is 1.56. The normalized spacial score (nSPS) is 25.2. The minimum atomic E-state index is -1.34. The van der Waals surface area contributed by atoms with Crippen molar-refractivity contribution in [3.05, 3.63) is 39.4 Å². The first kappa shape index (κ1) is 15.5. The molecule has 6 nitrogen and oxygen atoms in total. The van der Waals surface area contributed by atoms with Crippen molar-refractivity contribution < 1.29 is 24.1 Å². The van der Waals surface area contributed by atoms with Gasteiger partial charge < -0.3 is 19.5 Å². The molecule has 0 amide bonds. The summed E-state index contributed by atoms with van der Waals surface area (Å²) in [6.45, 7) is 0.100. The van der Waals surface area contributed by atoms with Crippen LogP contribution in [0.1, 0.15) is 46.5 Å². The van der Waals surface area contributed by atoms with Crippen LogP contribution < -0.4 is 0 Å². The van der Waals surface area contributed by atoms with Crippen LogP contribution in [0.2, 0.25) is 0 Å². The van der Waals surface area contributed by atoms with Gasteiger partial charge in [-0.05, 0) is 52.4 Å². The van der Waals surface area contributed by atoms with Gasteiger partial charge in [-0.1, -0.05) is 0 Å². The van der Waals surface area contributed by atoms with Crippen LogP contribution in [0.3, 0.4) is 0 Å². The van der Waals surface area contributed by atoms with Crippen LogP contribution in [0.5, 0.6) is 0 Å². The van der Waals surface area contributed by atoms with Crippen molar-refractivity contribution >= 4 is 21.9 Å². The van der Waals surface area contributed by atoms with Gasteiger partial charge in [-0.2, -0.15) is 0 Å². The molecule has 0 radical (unpaired) electrons. The lowest BCUT2D eigenvalue weighted by molar-refractivity contribution is -0.189. The smallest absolute Gasteiger partial charge is 0.356 e. The molecule has 25 heavy (non-hydrogen) atoms. The number of rotatable bonds is 2. The predicted octanol–water partition coefficient (Wildman–Crippen LogP) is 2.80. The molecule has 2 aromatic rings. The molecule has 3 aliphatic heterocycles. The van der Waals surface area contributed by atoms with Gasteiger partial charge in [-0.3, -0.25) is 0 Å². The summed E-state index contributed by atoms with van der Waals surface area (Å²) in [5.41, 5.74) is 0.374. The first-order valence-corrected chi connectivity index (χ1v) is 8.84. The van der Waals surface area contributed by atoms with Gasteiger partial charge in [-0.15, -0.1) is 0 Å². The van der Waals surface area contributed by atoms with Crippen LogP contribution in [0.15, 0.2) is 16.6 Å². The number of nitrogens with zero attached hydrogens (tertiary/aromatic N) is 2. The molecule has 1 aromatic heterocycles. The van der Waals surface area contributed by atoms with E-state index in [0.717, 1.165) is 24.0 Å². The summed E-state index contributed by atoms with van der Waals surface area (Å²) in [5, 5.41) is 20.4. The molecule has 4 aliphatic rings. The summed E-state index contributed by atoms with van der Waals surface area (Å²) < 4.78 is 21.3. The second kappa shape index (κ2) is 4.90. The number of carboxylic acids is 1. The Labute approximate surface area is 150 Å². The van der Waals surface area contributed by atoms with Gasteiger partial charge in [0.15, 0.2) is 11.3 Å². The van der Waals surface area contributed by atoms with Crippen molar-refractivity contribution in [1.82, 2.24) is 9.55 Å². The second-order valence-corrected chi connectivity index (χ2v) is 7.86. The lowest BCUT2D eigenvalue weighted by Gasteiger charge is -2.41. The molecule has 1 aromatic carbocycles. The number of aromatic nitrogens is 2. The van der Waals surface area contributed by atoms with E-state index in [1.165, 1.54) is 6.07 Å². The topological polar surface area (TPSA) is 84.6 Å². The average Bonchev–Trinajstić information content (AvgIpc) is 2.77. The maximum atomic E-state index is 14.0. The van der Waals surface area contributed by atoms with Gasteiger partial charge >= 0.3 is 5.97 Å². The summed E-state index contributed by atoms with van der Waals surface area (Å²) in [4.78, 5) is 16.1. The van der Waals surface area contributed by atoms with E-state index in [0.29, 0.717) is 16.0 Å². The highest BCUT2D eigenvalue weighted by Gasteiger charge is 2.49. The first-order valence-electron chi connectivity index (χ1n) is 8.04. The molecule has 1 aliphatic carbocycles. The highest BCUT2D eigenvalue weighted by Crippen LogP contribution is 2.54. The number of carbonyl (C=O) groups is 1. The van der Waals surface area contributed by atoms with Gasteiger partial charge in [0, 0.05) is 11.6 Å². The van der Waals surface area contributed by atoms with Crippen molar-refractivity contribution in [1.29, 1.82) is 0 Å². The second-order valence-electron chi connectivity index (χ2n) is 7.01. The van der Waals surface area contributed by atoms with Crippen LogP contribution in [-0.2, 0) is 10.3 Å². The van der Waals surface area contributed by atoms with Gasteiger partial charge in [0.25, 0.3) is 0 Å². The largest absolute Gasteiger partial charge is 0.476 e. The van der Waals surface area contributed by atoms with Crippen molar-refractivity contribution in [2.75, 3.05) is 13.2 Å². The van der Waals surface area contributed by atoms with E-state index in [2.05, 4.69) is 20.9 Å². The molecule has 2 bridgehead atoms. The molecule has 2 fully saturated rings. The molecule has 130 valence electrons. The highest BCUT2D eigenvalue weighted by molar-refractivity contribution is 9.10. The van der Waals surface area contributed by atoms with E-state index in [4.69, 9.17) is 4.74 Å². The first-order chi connectivity index (χ1) is 11.9. The molecule has 1 saturated carbocycles. The molecule has 2 N–H and O–H groups in total. The molecule has 6 rings (SSSR count). The Morgan fingerprint density at radius 3 is 2.72 bits per heavy atom. The Morgan fingerprint density at radius 2 is 2.12 bits per heavy atom. The zero-order valence-corrected chi connectivity index (χ0v) is 14.6. The summed E-state index contributed by atoms with van der Waals surface area (Å²) >= 11 is 3.21. The molecule has 0 atom stereocenters. The Balaban J connectivity index is 1.83. The van der Waals surface area contributed by atoms with E-state index in [1.54, 1.807) is 6.07 Å². The van der Waals surface area contributed by atoms with E-state index >= 15 is 0 Å². The van der Waals surface area contributed by atoms with E-state index < -0.39 is 11.6 Å². The summed E-state index contributed by atoms with van der Waals surface area (Å²) in [5.74, 6) is -0.826. The number of imidazole rings is 1. The zero-order chi connectivity index (χ0) is 17.5. The minimum absolute atomic E-state index is 0.0501. The molecular weight excluding hydrogens is 395 g/mol. The number of hydrogen-bond acceptors (Lipinski definition) is 4. The fourth-order valence-corrected chi connectivity index (χ4v) is 4.49. The van der Waals surface area contributed by atoms with E-state index in [9.17, 15) is 19.4 Å². The van der Waals surface area contributed by atoms with Gasteiger partial charge in [0.1, 0.15) is 11.6 Å². The molecular formula is C17H14BrFN2O4. The molecule has 8 heteroatoms. The third-order valence-corrected chi connectivity index (χ3v) is 6.10. The molecule has 0 spiro atoms. The Bertz CT molecular complexity index is 931. The van der Waals surface area contributed by atoms with Crippen LogP contribution in [0.4, 0.5) is 4.39 Å². The van der Waals surface area contributed by atoms with Crippen molar-refractivity contribution in [2.24, 2.45) is 0 Å². The fourth-order valence-electron chi connectivity index (χ4n) is 4.15. The third kappa shape index (κ3) is 1.95. The van der Waals surface area contributed by atoms with Crippen LogP contribution in [0.25, 0.3) is 11.4 Å². The number of halogens is 2. The molecule has 4 heterocycles. The van der Waals surface area contributed by atoms with Crippen molar-refractivity contribution in [3.8, 4) is 11.4 Å². The van der Waals surface area contributed by atoms with Crippen LogP contribution >= 0.6 is 15.9 Å². The monoisotopic (exact) mass is 408 g/mol. The zero-order valence-electron chi connectivity index (χ0n) is 13.0. The number of benzene rings is 1. The fraction of sp³-hybridized carbons (Fsp3) is 0.412. The lowest BCUT2D eigenvalue weighted by atomic mass is 9.75. The standard InChI is InChI=1S/C17H14BrFN2O4/c18-11-3-10-9(4-12(11)19)7-1-8(2-7)21-14(17(24)5-25-6-17)13(16(22)23)20-15(10)21/h3-4,7-8,24H,1-2,5-6H2,(H,22,23). The Kier molecular flexibility index (Phi) is 3.03. The van der Waals surface area contributed by atoms with Crippen molar-refractivity contribution in [2.45, 2.75) is 30.4 Å². The number of ether oxygens (including phenoxy) is 1. The predicted molar refractivity (Wildman–Crippen MR) is 88.0 cm³/mol. The minimum Gasteiger partial charge on any atom is -0.476 e.